The van der Waals surface area contributed by atoms with Crippen LogP contribution in [0.25, 0.3) is 11.4 Å². The third kappa shape index (κ3) is 3.74. The van der Waals surface area contributed by atoms with Gasteiger partial charge in [0.25, 0.3) is 0 Å². The van der Waals surface area contributed by atoms with Crippen molar-refractivity contribution in [3.63, 3.8) is 0 Å². The third-order valence-electron chi connectivity index (χ3n) is 4.11. The molecule has 130 valence electrons. The minimum absolute atomic E-state index is 0.514. The molecule has 1 aromatic heterocycles. The van der Waals surface area contributed by atoms with Crippen molar-refractivity contribution in [1.29, 1.82) is 0 Å². The Balaban J connectivity index is 1.84. The van der Waals surface area contributed by atoms with Crippen LogP contribution >= 0.6 is 12.2 Å². The van der Waals surface area contributed by atoms with E-state index < -0.39 is 0 Å². The summed E-state index contributed by atoms with van der Waals surface area (Å²) in [5, 5.41) is 7.19. The number of aromatic amines is 1. The second kappa shape index (κ2) is 7.53. The SMILES string of the molecule is COc1ccccc1-c1n[nH]c(=S)n1NCc1ccc(C(C)C)cc1. The van der Waals surface area contributed by atoms with Gasteiger partial charge in [0, 0.05) is 0 Å². The van der Waals surface area contributed by atoms with Crippen LogP contribution in [0.5, 0.6) is 5.75 Å². The molecule has 3 aromatic rings. The van der Waals surface area contributed by atoms with Crippen molar-refractivity contribution in [1.82, 2.24) is 14.9 Å². The van der Waals surface area contributed by atoms with E-state index in [0.29, 0.717) is 23.1 Å². The van der Waals surface area contributed by atoms with Crippen molar-refractivity contribution >= 4 is 12.2 Å². The summed E-state index contributed by atoms with van der Waals surface area (Å²) in [5.41, 5.74) is 6.73. The minimum Gasteiger partial charge on any atom is -0.496 e. The van der Waals surface area contributed by atoms with Crippen LogP contribution in [0.1, 0.15) is 30.9 Å². The molecule has 0 radical (unpaired) electrons. The Hall–Kier alpha value is -2.60. The lowest BCUT2D eigenvalue weighted by molar-refractivity contribution is 0.416. The molecule has 6 heteroatoms. The van der Waals surface area contributed by atoms with Crippen molar-refractivity contribution in [2.75, 3.05) is 12.5 Å². The lowest BCUT2D eigenvalue weighted by Gasteiger charge is -2.13. The van der Waals surface area contributed by atoms with Gasteiger partial charge in [0.2, 0.25) is 4.77 Å². The van der Waals surface area contributed by atoms with E-state index in [4.69, 9.17) is 17.0 Å². The van der Waals surface area contributed by atoms with Crippen LogP contribution in [0, 0.1) is 4.77 Å². The number of benzene rings is 2. The highest BCUT2D eigenvalue weighted by molar-refractivity contribution is 7.71. The molecule has 0 atom stereocenters. The summed E-state index contributed by atoms with van der Waals surface area (Å²) >= 11 is 5.36. The molecule has 0 fully saturated rings. The van der Waals surface area contributed by atoms with Crippen LogP contribution < -0.4 is 10.2 Å². The van der Waals surface area contributed by atoms with E-state index in [1.54, 1.807) is 11.8 Å². The van der Waals surface area contributed by atoms with Gasteiger partial charge in [0.05, 0.1) is 19.2 Å². The fourth-order valence-corrected chi connectivity index (χ4v) is 2.84. The molecule has 0 spiro atoms. The molecule has 0 bridgehead atoms. The molecular weight excluding hydrogens is 332 g/mol. The summed E-state index contributed by atoms with van der Waals surface area (Å²) in [6.45, 7) is 5.03. The number of nitrogens with zero attached hydrogens (tertiary/aromatic N) is 2. The zero-order chi connectivity index (χ0) is 17.8. The predicted octanol–water partition coefficient (Wildman–Crippen LogP) is 4.48. The maximum Gasteiger partial charge on any atom is 0.214 e. The first-order valence-electron chi connectivity index (χ1n) is 8.23. The standard InChI is InChI=1S/C19H22N4OS/c1-13(2)15-10-8-14(9-11-15)12-20-23-18(21-22-19(23)25)16-6-4-5-7-17(16)24-3/h4-11,13,20H,12H2,1-3H3,(H,22,25). The van der Waals surface area contributed by atoms with Crippen LogP contribution in [0.15, 0.2) is 48.5 Å². The van der Waals surface area contributed by atoms with E-state index in [-0.39, 0.29) is 0 Å². The topological polar surface area (TPSA) is 54.9 Å². The molecule has 0 aliphatic carbocycles. The fourth-order valence-electron chi connectivity index (χ4n) is 2.64. The number of aromatic nitrogens is 3. The quantitative estimate of drug-likeness (QED) is 0.641. The summed E-state index contributed by atoms with van der Waals surface area (Å²) in [5.74, 6) is 1.98. The average molecular weight is 354 g/mol. The van der Waals surface area contributed by atoms with Crippen molar-refractivity contribution < 1.29 is 4.74 Å². The number of rotatable bonds is 6. The number of hydrogen-bond donors (Lipinski definition) is 2. The number of nitrogens with one attached hydrogen (secondary N) is 2. The Morgan fingerprint density at radius 1 is 1.16 bits per heavy atom. The van der Waals surface area contributed by atoms with E-state index in [0.717, 1.165) is 11.3 Å². The van der Waals surface area contributed by atoms with E-state index in [1.807, 2.05) is 24.3 Å². The number of methoxy groups -OCH3 is 1. The van der Waals surface area contributed by atoms with Gasteiger partial charge in [0.1, 0.15) is 5.75 Å². The molecule has 1 heterocycles. The molecular formula is C19H22N4OS. The Kier molecular flexibility index (Phi) is 5.19. The van der Waals surface area contributed by atoms with E-state index in [9.17, 15) is 0 Å². The van der Waals surface area contributed by atoms with Crippen molar-refractivity contribution in [3.8, 4) is 17.1 Å². The summed E-state index contributed by atoms with van der Waals surface area (Å²) in [6, 6.07) is 16.3. The van der Waals surface area contributed by atoms with Crippen LogP contribution in [0.4, 0.5) is 0 Å². The maximum absolute atomic E-state index is 5.43. The normalized spacial score (nSPS) is 10.9. The number of hydrogen-bond acceptors (Lipinski definition) is 4. The van der Waals surface area contributed by atoms with Crippen molar-refractivity contribution in [2.24, 2.45) is 0 Å². The van der Waals surface area contributed by atoms with E-state index in [2.05, 4.69) is 53.7 Å². The molecule has 5 nitrogen and oxygen atoms in total. The molecule has 25 heavy (non-hydrogen) atoms. The molecule has 0 unspecified atom stereocenters. The largest absolute Gasteiger partial charge is 0.496 e. The van der Waals surface area contributed by atoms with Gasteiger partial charge in [-0.15, -0.1) is 0 Å². The van der Waals surface area contributed by atoms with Crippen LogP contribution in [0.2, 0.25) is 0 Å². The summed E-state index contributed by atoms with van der Waals surface area (Å²) in [6.07, 6.45) is 0. The predicted molar refractivity (Wildman–Crippen MR) is 103 cm³/mol. The van der Waals surface area contributed by atoms with Gasteiger partial charge in [-0.3, -0.25) is 0 Å². The summed E-state index contributed by atoms with van der Waals surface area (Å²) < 4.78 is 7.73. The highest BCUT2D eigenvalue weighted by Gasteiger charge is 2.13. The Bertz CT molecular complexity index is 896. The number of ether oxygens (including phenoxy) is 1. The van der Waals surface area contributed by atoms with Gasteiger partial charge in [0.15, 0.2) is 5.82 Å². The first-order valence-corrected chi connectivity index (χ1v) is 8.64. The zero-order valence-electron chi connectivity index (χ0n) is 14.6. The lowest BCUT2D eigenvalue weighted by atomic mass is 10.0. The lowest BCUT2D eigenvalue weighted by Crippen LogP contribution is -2.16. The van der Waals surface area contributed by atoms with Crippen molar-refractivity contribution in [3.05, 3.63) is 64.4 Å². The molecule has 2 aromatic carbocycles. The smallest absolute Gasteiger partial charge is 0.214 e. The van der Waals surface area contributed by atoms with Crippen LogP contribution in [-0.2, 0) is 6.54 Å². The Labute approximate surface area is 152 Å². The molecule has 0 aliphatic rings. The minimum atomic E-state index is 0.514. The molecule has 0 amide bonds. The molecule has 0 aliphatic heterocycles. The Morgan fingerprint density at radius 3 is 2.56 bits per heavy atom. The third-order valence-corrected chi connectivity index (χ3v) is 4.38. The van der Waals surface area contributed by atoms with Gasteiger partial charge < -0.3 is 10.2 Å². The van der Waals surface area contributed by atoms with Gasteiger partial charge in [-0.1, -0.05) is 50.2 Å². The zero-order valence-corrected chi connectivity index (χ0v) is 15.4. The van der Waals surface area contributed by atoms with Crippen molar-refractivity contribution in [2.45, 2.75) is 26.3 Å². The van der Waals surface area contributed by atoms with Crippen LogP contribution in [0.3, 0.4) is 0 Å². The number of para-hydroxylation sites is 1. The molecule has 3 rings (SSSR count). The second-order valence-corrected chi connectivity index (χ2v) is 6.51. The van der Waals surface area contributed by atoms with E-state index in [1.165, 1.54) is 11.1 Å². The second-order valence-electron chi connectivity index (χ2n) is 6.12. The highest BCUT2D eigenvalue weighted by atomic mass is 32.1. The maximum atomic E-state index is 5.43. The molecule has 0 saturated heterocycles. The Morgan fingerprint density at radius 2 is 1.88 bits per heavy atom. The summed E-state index contributed by atoms with van der Waals surface area (Å²) in [4.78, 5) is 0. The fraction of sp³-hybridized carbons (Fsp3) is 0.263. The first-order chi connectivity index (χ1) is 12.1. The van der Waals surface area contributed by atoms with Gasteiger partial charge in [-0.2, -0.15) is 5.10 Å². The van der Waals surface area contributed by atoms with Gasteiger partial charge >= 0.3 is 0 Å². The summed E-state index contributed by atoms with van der Waals surface area (Å²) in [7, 11) is 1.65. The number of H-pyrrole nitrogens is 1. The van der Waals surface area contributed by atoms with Gasteiger partial charge in [-0.05, 0) is 41.4 Å². The van der Waals surface area contributed by atoms with E-state index >= 15 is 0 Å². The average Bonchev–Trinajstić information content (AvgIpc) is 3.00. The highest BCUT2D eigenvalue weighted by Crippen LogP contribution is 2.27. The van der Waals surface area contributed by atoms with Crippen LogP contribution in [-0.4, -0.2) is 22.0 Å². The first kappa shape index (κ1) is 17.2. The monoisotopic (exact) mass is 354 g/mol. The van der Waals surface area contributed by atoms with Gasteiger partial charge in [-0.25, -0.2) is 9.77 Å². The molecule has 0 saturated carbocycles. The molecule has 2 N–H and O–H groups in total.